The monoisotopic (exact) mass is 272 g/mol. The van der Waals surface area contributed by atoms with Gasteiger partial charge >= 0.3 is 0 Å². The third-order valence-electron chi connectivity index (χ3n) is 2.73. The summed E-state index contributed by atoms with van der Waals surface area (Å²) >= 11 is 0. The molecule has 2 aromatic heterocycles. The second-order valence-electron chi connectivity index (χ2n) is 4.21. The third-order valence-corrected chi connectivity index (χ3v) is 2.73. The maximum absolute atomic E-state index is 12.1. The Balaban J connectivity index is 2.12. The number of methoxy groups -OCH3 is 1. The number of carbonyl (C=O) groups excluding carboxylic acids is 1. The number of rotatable bonds is 5. The molecule has 0 aliphatic heterocycles. The highest BCUT2D eigenvalue weighted by Gasteiger charge is 2.16. The molecule has 1 amide bonds. The first kappa shape index (κ1) is 14.0. The van der Waals surface area contributed by atoms with Crippen LogP contribution in [0.5, 0.6) is 0 Å². The van der Waals surface area contributed by atoms with E-state index in [1.54, 1.807) is 25.4 Å². The summed E-state index contributed by atoms with van der Waals surface area (Å²) in [5.74, 6) is 0.130. The maximum atomic E-state index is 12.1. The summed E-state index contributed by atoms with van der Waals surface area (Å²) in [6.45, 7) is 0.338. The summed E-state index contributed by atoms with van der Waals surface area (Å²) in [6.07, 6.45) is 3.11. The summed E-state index contributed by atoms with van der Waals surface area (Å²) in [5, 5.41) is 2.86. The molecule has 20 heavy (non-hydrogen) atoms. The minimum atomic E-state index is -0.314. The highest BCUT2D eigenvalue weighted by molar-refractivity contribution is 5.94. The molecule has 0 saturated heterocycles. The molecule has 0 spiro atoms. The highest BCUT2D eigenvalue weighted by Crippen LogP contribution is 2.11. The number of nitrogens with zero attached hydrogens (tertiary/aromatic N) is 2. The molecule has 3 N–H and O–H groups in total. The van der Waals surface area contributed by atoms with Crippen LogP contribution in [0.25, 0.3) is 0 Å². The molecule has 0 aromatic carbocycles. The van der Waals surface area contributed by atoms with E-state index in [0.717, 1.165) is 5.69 Å². The minimum absolute atomic E-state index is 0.245. The van der Waals surface area contributed by atoms with Crippen molar-refractivity contribution in [2.24, 2.45) is 0 Å². The van der Waals surface area contributed by atoms with Gasteiger partial charge < -0.3 is 15.8 Å². The van der Waals surface area contributed by atoms with E-state index in [1.165, 1.54) is 6.20 Å². The van der Waals surface area contributed by atoms with Crippen LogP contribution in [0, 0.1) is 0 Å². The Labute approximate surface area is 117 Å². The number of ether oxygens (including phenoxy) is 1. The van der Waals surface area contributed by atoms with Gasteiger partial charge in [0.2, 0.25) is 0 Å². The summed E-state index contributed by atoms with van der Waals surface area (Å²) in [7, 11) is 1.58. The van der Waals surface area contributed by atoms with E-state index in [2.05, 4.69) is 15.3 Å². The van der Waals surface area contributed by atoms with E-state index in [1.807, 2.05) is 18.2 Å². The van der Waals surface area contributed by atoms with Gasteiger partial charge in [0.05, 0.1) is 23.9 Å². The predicted molar refractivity (Wildman–Crippen MR) is 75.0 cm³/mol. The lowest BCUT2D eigenvalue weighted by atomic mass is 10.1. The molecular formula is C14H16N4O2. The van der Waals surface area contributed by atoms with E-state index in [-0.39, 0.29) is 11.9 Å². The first-order chi connectivity index (χ1) is 9.70. The van der Waals surface area contributed by atoms with Crippen LogP contribution in [0.3, 0.4) is 0 Å². The number of carbonyl (C=O) groups is 1. The van der Waals surface area contributed by atoms with Crippen LogP contribution < -0.4 is 11.1 Å². The van der Waals surface area contributed by atoms with Crippen molar-refractivity contribution in [2.45, 2.75) is 6.04 Å². The molecule has 0 radical (unpaired) electrons. The van der Waals surface area contributed by atoms with Gasteiger partial charge in [0.1, 0.15) is 5.82 Å². The largest absolute Gasteiger partial charge is 0.384 e. The number of amides is 1. The zero-order chi connectivity index (χ0) is 14.4. The van der Waals surface area contributed by atoms with E-state index in [0.29, 0.717) is 18.0 Å². The molecule has 2 heterocycles. The molecule has 0 fully saturated rings. The predicted octanol–water partition coefficient (Wildman–Crippen LogP) is 1.18. The molecule has 0 bridgehead atoms. The molecule has 104 valence electrons. The van der Waals surface area contributed by atoms with Gasteiger partial charge in [0, 0.05) is 19.5 Å². The second kappa shape index (κ2) is 6.63. The number of nitrogens with one attached hydrogen (secondary N) is 1. The number of aromatic nitrogens is 2. The van der Waals surface area contributed by atoms with Gasteiger partial charge in [-0.15, -0.1) is 0 Å². The van der Waals surface area contributed by atoms with Gasteiger partial charge in [-0.05, 0) is 24.3 Å². The first-order valence-electron chi connectivity index (χ1n) is 6.13. The van der Waals surface area contributed by atoms with E-state index in [4.69, 9.17) is 10.5 Å². The first-order valence-corrected chi connectivity index (χ1v) is 6.13. The van der Waals surface area contributed by atoms with Gasteiger partial charge in [-0.3, -0.25) is 9.78 Å². The quantitative estimate of drug-likeness (QED) is 0.853. The maximum Gasteiger partial charge on any atom is 0.253 e. The molecule has 6 nitrogen and oxygen atoms in total. The highest BCUT2D eigenvalue weighted by atomic mass is 16.5. The smallest absolute Gasteiger partial charge is 0.253 e. The molecule has 0 aliphatic rings. The van der Waals surface area contributed by atoms with Crippen LogP contribution in [0.2, 0.25) is 0 Å². The van der Waals surface area contributed by atoms with E-state index >= 15 is 0 Å². The zero-order valence-electron chi connectivity index (χ0n) is 11.1. The van der Waals surface area contributed by atoms with Crippen molar-refractivity contribution in [2.75, 3.05) is 19.5 Å². The van der Waals surface area contributed by atoms with Crippen molar-refractivity contribution in [3.05, 3.63) is 54.0 Å². The molecule has 0 aliphatic carbocycles. The lowest BCUT2D eigenvalue weighted by molar-refractivity contribution is 0.0894. The van der Waals surface area contributed by atoms with Gasteiger partial charge in [-0.1, -0.05) is 6.07 Å². The summed E-state index contributed by atoms with van der Waals surface area (Å²) in [6, 6.07) is 8.42. The van der Waals surface area contributed by atoms with Crippen molar-refractivity contribution in [3.63, 3.8) is 0 Å². The SMILES string of the molecule is COC[C@@H](NC(=O)c1ccc(N)nc1)c1ccccn1. The Hall–Kier alpha value is -2.47. The van der Waals surface area contributed by atoms with Gasteiger partial charge in [0.15, 0.2) is 0 Å². The molecule has 1 atom stereocenters. The number of hydrogen-bond acceptors (Lipinski definition) is 5. The topological polar surface area (TPSA) is 90.1 Å². The summed E-state index contributed by atoms with van der Waals surface area (Å²) in [4.78, 5) is 20.3. The van der Waals surface area contributed by atoms with Crippen LogP contribution in [-0.2, 0) is 4.74 Å². The van der Waals surface area contributed by atoms with Crippen LogP contribution >= 0.6 is 0 Å². The number of nitrogens with two attached hydrogens (primary N) is 1. The van der Waals surface area contributed by atoms with Gasteiger partial charge in [-0.25, -0.2) is 4.98 Å². The van der Waals surface area contributed by atoms with Crippen molar-refractivity contribution in [1.29, 1.82) is 0 Å². The number of hydrogen-bond donors (Lipinski definition) is 2. The van der Waals surface area contributed by atoms with Gasteiger partial charge in [0.25, 0.3) is 5.91 Å². The molecule has 6 heteroatoms. The zero-order valence-corrected chi connectivity index (χ0v) is 11.1. The van der Waals surface area contributed by atoms with Crippen molar-refractivity contribution in [3.8, 4) is 0 Å². The average Bonchev–Trinajstić information content (AvgIpc) is 2.48. The third kappa shape index (κ3) is 3.52. The fourth-order valence-corrected chi connectivity index (χ4v) is 1.73. The number of nitrogen functional groups attached to an aromatic ring is 1. The lowest BCUT2D eigenvalue weighted by Crippen LogP contribution is -2.32. The molecular weight excluding hydrogens is 256 g/mol. The minimum Gasteiger partial charge on any atom is -0.384 e. The molecule has 2 aromatic rings. The lowest BCUT2D eigenvalue weighted by Gasteiger charge is -2.17. The van der Waals surface area contributed by atoms with Crippen LogP contribution in [0.4, 0.5) is 5.82 Å². The Morgan fingerprint density at radius 2 is 2.20 bits per heavy atom. The fourth-order valence-electron chi connectivity index (χ4n) is 1.73. The molecule has 2 rings (SSSR count). The van der Waals surface area contributed by atoms with Crippen molar-refractivity contribution >= 4 is 11.7 Å². The van der Waals surface area contributed by atoms with Crippen molar-refractivity contribution in [1.82, 2.24) is 15.3 Å². The number of pyridine rings is 2. The van der Waals surface area contributed by atoms with Crippen LogP contribution in [0.1, 0.15) is 22.1 Å². The fraction of sp³-hybridized carbons (Fsp3) is 0.214. The standard InChI is InChI=1S/C14H16N4O2/c1-20-9-12(11-4-2-3-7-16-11)18-14(19)10-5-6-13(15)17-8-10/h2-8,12H,9H2,1H3,(H2,15,17)(H,18,19)/t12-/m1/s1. The average molecular weight is 272 g/mol. The summed E-state index contributed by atoms with van der Waals surface area (Å²) in [5.41, 5.74) is 6.68. The van der Waals surface area contributed by atoms with Gasteiger partial charge in [-0.2, -0.15) is 0 Å². The van der Waals surface area contributed by atoms with E-state index < -0.39 is 0 Å². The van der Waals surface area contributed by atoms with Crippen LogP contribution in [-0.4, -0.2) is 29.6 Å². The Morgan fingerprint density at radius 3 is 2.80 bits per heavy atom. The van der Waals surface area contributed by atoms with Crippen LogP contribution in [0.15, 0.2) is 42.7 Å². The summed E-state index contributed by atoms with van der Waals surface area (Å²) < 4.78 is 5.12. The number of anilines is 1. The second-order valence-corrected chi connectivity index (χ2v) is 4.21. The van der Waals surface area contributed by atoms with Crippen molar-refractivity contribution < 1.29 is 9.53 Å². The Bertz CT molecular complexity index is 557. The van der Waals surface area contributed by atoms with E-state index in [9.17, 15) is 4.79 Å². The Kier molecular flexibility index (Phi) is 4.62. The molecule has 0 saturated carbocycles. The molecule has 0 unspecified atom stereocenters. The Morgan fingerprint density at radius 1 is 1.35 bits per heavy atom. The normalized spacial score (nSPS) is 11.8.